The second-order valence-electron chi connectivity index (χ2n) is 5.64. The fourth-order valence-electron chi connectivity index (χ4n) is 3.51. The lowest BCUT2D eigenvalue weighted by molar-refractivity contribution is 0.992. The highest BCUT2D eigenvalue weighted by atomic mass is 14.2. The Labute approximate surface area is 124 Å². The van der Waals surface area contributed by atoms with Crippen molar-refractivity contribution in [3.05, 3.63) is 57.7 Å². The Morgan fingerprint density at radius 1 is 0.700 bits per heavy atom. The predicted molar refractivity (Wildman–Crippen MR) is 89.8 cm³/mol. The summed E-state index contributed by atoms with van der Waals surface area (Å²) in [6, 6.07) is 0. The molecule has 0 atom stereocenters. The van der Waals surface area contributed by atoms with Gasteiger partial charge in [-0.05, 0) is 60.8 Å². The van der Waals surface area contributed by atoms with Crippen molar-refractivity contribution >= 4 is 0 Å². The van der Waals surface area contributed by atoms with Crippen molar-refractivity contribution < 1.29 is 0 Å². The van der Waals surface area contributed by atoms with Crippen LogP contribution in [0.25, 0.3) is 0 Å². The minimum Gasteiger partial charge on any atom is -0.0729 e. The molecule has 20 heavy (non-hydrogen) atoms. The molecule has 0 aromatic rings. The molecule has 0 heteroatoms. The fourth-order valence-corrected chi connectivity index (χ4v) is 3.51. The van der Waals surface area contributed by atoms with E-state index >= 15 is 0 Å². The molecular weight excluding hydrogens is 240 g/mol. The summed E-state index contributed by atoms with van der Waals surface area (Å²) in [5.74, 6) is 0. The van der Waals surface area contributed by atoms with Crippen molar-refractivity contribution in [2.75, 3.05) is 0 Å². The molecule has 0 N–H and O–H groups in total. The maximum atomic E-state index is 2.40. The van der Waals surface area contributed by atoms with E-state index in [1.54, 1.807) is 22.3 Å². The summed E-state index contributed by atoms with van der Waals surface area (Å²) in [7, 11) is 0. The normalized spacial score (nSPS) is 19.4. The van der Waals surface area contributed by atoms with Crippen molar-refractivity contribution in [3.8, 4) is 0 Å². The average molecular weight is 268 g/mol. The lowest BCUT2D eigenvalue weighted by Crippen LogP contribution is -1.88. The molecule has 0 bridgehead atoms. The minimum atomic E-state index is 1.16. The number of hydrogen-bond donors (Lipinski definition) is 0. The zero-order chi connectivity index (χ0) is 14.5. The molecule has 0 aromatic carbocycles. The largest absolute Gasteiger partial charge is 0.0729 e. The predicted octanol–water partition coefficient (Wildman–Crippen LogP) is 6.44. The standard InChI is InChI=1S/C20H28/c1-5-15-9-11-17(19(15)7-3)13-14-18-12-10-16(6-2)20(18)8-4/h11-14H,5-10H2,1-4H3/b14-13+. The Bertz CT molecular complexity index is 470. The van der Waals surface area contributed by atoms with Gasteiger partial charge >= 0.3 is 0 Å². The van der Waals surface area contributed by atoms with E-state index < -0.39 is 0 Å². The van der Waals surface area contributed by atoms with Crippen LogP contribution in [0.1, 0.15) is 66.2 Å². The van der Waals surface area contributed by atoms with Crippen LogP contribution in [0.4, 0.5) is 0 Å². The van der Waals surface area contributed by atoms with Crippen LogP contribution < -0.4 is 0 Å². The first-order valence-electron chi connectivity index (χ1n) is 8.25. The second-order valence-corrected chi connectivity index (χ2v) is 5.64. The van der Waals surface area contributed by atoms with Gasteiger partial charge in [-0.1, -0.05) is 63.1 Å². The third-order valence-electron chi connectivity index (χ3n) is 4.69. The van der Waals surface area contributed by atoms with Crippen molar-refractivity contribution in [1.82, 2.24) is 0 Å². The zero-order valence-corrected chi connectivity index (χ0v) is 13.6. The van der Waals surface area contributed by atoms with Crippen molar-refractivity contribution in [3.63, 3.8) is 0 Å². The van der Waals surface area contributed by atoms with Crippen molar-refractivity contribution in [2.24, 2.45) is 0 Å². The smallest absolute Gasteiger partial charge is 0.0124 e. The molecule has 0 aliphatic heterocycles. The maximum Gasteiger partial charge on any atom is -0.0124 e. The lowest BCUT2D eigenvalue weighted by atomic mass is 9.98. The van der Waals surface area contributed by atoms with Crippen LogP contribution in [0.2, 0.25) is 0 Å². The molecule has 0 amide bonds. The summed E-state index contributed by atoms with van der Waals surface area (Å²) in [6.07, 6.45) is 16.5. The molecule has 0 spiro atoms. The Morgan fingerprint density at radius 2 is 1.10 bits per heavy atom. The molecule has 0 fully saturated rings. The van der Waals surface area contributed by atoms with Crippen LogP contribution in [0, 0.1) is 0 Å². The van der Waals surface area contributed by atoms with Crippen LogP contribution >= 0.6 is 0 Å². The van der Waals surface area contributed by atoms with Gasteiger partial charge in [0.15, 0.2) is 0 Å². The molecule has 2 aliphatic rings. The second kappa shape index (κ2) is 6.92. The van der Waals surface area contributed by atoms with Gasteiger partial charge in [0.1, 0.15) is 0 Å². The quantitative estimate of drug-likeness (QED) is 0.520. The van der Waals surface area contributed by atoms with Gasteiger partial charge in [-0.15, -0.1) is 0 Å². The lowest BCUT2D eigenvalue weighted by Gasteiger charge is -2.07. The third-order valence-corrected chi connectivity index (χ3v) is 4.69. The molecule has 0 saturated carbocycles. The SMILES string of the molecule is CCC1=C(CC)C(/C=C/C2=CCC(CC)=C2CC)=CC1. The summed E-state index contributed by atoms with van der Waals surface area (Å²) in [6.45, 7) is 9.10. The van der Waals surface area contributed by atoms with E-state index in [-0.39, 0.29) is 0 Å². The van der Waals surface area contributed by atoms with E-state index in [2.05, 4.69) is 52.0 Å². The third kappa shape index (κ3) is 2.90. The molecule has 0 unspecified atom stereocenters. The first-order chi connectivity index (χ1) is 9.74. The summed E-state index contributed by atoms with van der Waals surface area (Å²) >= 11 is 0. The van der Waals surface area contributed by atoms with Gasteiger partial charge in [-0.25, -0.2) is 0 Å². The number of hydrogen-bond acceptors (Lipinski definition) is 0. The molecule has 108 valence electrons. The van der Waals surface area contributed by atoms with Crippen LogP contribution in [0.3, 0.4) is 0 Å². The highest BCUT2D eigenvalue weighted by molar-refractivity contribution is 5.54. The van der Waals surface area contributed by atoms with E-state index in [1.807, 2.05) is 0 Å². The summed E-state index contributed by atoms with van der Waals surface area (Å²) in [5.41, 5.74) is 9.36. The van der Waals surface area contributed by atoms with Gasteiger partial charge in [0.05, 0.1) is 0 Å². The molecular formula is C20H28. The van der Waals surface area contributed by atoms with E-state index in [0.717, 1.165) is 25.7 Å². The first-order valence-corrected chi connectivity index (χ1v) is 8.25. The van der Waals surface area contributed by atoms with E-state index in [4.69, 9.17) is 0 Å². The monoisotopic (exact) mass is 268 g/mol. The first kappa shape index (κ1) is 15.1. The van der Waals surface area contributed by atoms with E-state index in [1.165, 1.54) is 24.0 Å². The molecule has 0 saturated heterocycles. The average Bonchev–Trinajstić information content (AvgIpc) is 3.06. The topological polar surface area (TPSA) is 0 Å². The van der Waals surface area contributed by atoms with Crippen LogP contribution in [0.15, 0.2) is 57.7 Å². The van der Waals surface area contributed by atoms with Gasteiger partial charge in [-0.2, -0.15) is 0 Å². The van der Waals surface area contributed by atoms with Crippen molar-refractivity contribution in [2.45, 2.75) is 66.2 Å². The van der Waals surface area contributed by atoms with Crippen LogP contribution in [-0.2, 0) is 0 Å². The van der Waals surface area contributed by atoms with Crippen LogP contribution in [-0.4, -0.2) is 0 Å². The van der Waals surface area contributed by atoms with Gasteiger partial charge in [0.2, 0.25) is 0 Å². The molecule has 0 aromatic heterocycles. The molecule has 0 heterocycles. The highest BCUT2D eigenvalue weighted by Gasteiger charge is 2.15. The number of rotatable bonds is 6. The highest BCUT2D eigenvalue weighted by Crippen LogP contribution is 2.34. The summed E-state index contributed by atoms with van der Waals surface area (Å²) in [4.78, 5) is 0. The summed E-state index contributed by atoms with van der Waals surface area (Å²) in [5, 5.41) is 0. The number of allylic oxidation sites excluding steroid dienone is 10. The van der Waals surface area contributed by atoms with Gasteiger partial charge in [0.25, 0.3) is 0 Å². The Hall–Kier alpha value is -1.30. The Morgan fingerprint density at radius 3 is 1.40 bits per heavy atom. The van der Waals surface area contributed by atoms with E-state index in [0.29, 0.717) is 0 Å². The van der Waals surface area contributed by atoms with Crippen molar-refractivity contribution in [1.29, 1.82) is 0 Å². The minimum absolute atomic E-state index is 1.16. The van der Waals surface area contributed by atoms with Gasteiger partial charge in [-0.3, -0.25) is 0 Å². The van der Waals surface area contributed by atoms with Gasteiger partial charge < -0.3 is 0 Å². The maximum absolute atomic E-state index is 2.40. The van der Waals surface area contributed by atoms with Gasteiger partial charge in [0, 0.05) is 0 Å². The van der Waals surface area contributed by atoms with E-state index in [9.17, 15) is 0 Å². The molecule has 2 aliphatic carbocycles. The Kier molecular flexibility index (Phi) is 5.23. The molecule has 2 rings (SSSR count). The zero-order valence-electron chi connectivity index (χ0n) is 13.6. The fraction of sp³-hybridized carbons (Fsp3) is 0.500. The molecule has 0 radical (unpaired) electrons. The summed E-state index contributed by atoms with van der Waals surface area (Å²) < 4.78 is 0. The molecule has 0 nitrogen and oxygen atoms in total. The van der Waals surface area contributed by atoms with Crippen LogP contribution in [0.5, 0.6) is 0 Å². The Balaban J connectivity index is 2.16.